The molecule has 100 valence electrons. The molecule has 18 heavy (non-hydrogen) atoms. The quantitative estimate of drug-likeness (QED) is 0.569. The van der Waals surface area contributed by atoms with Gasteiger partial charge in [0, 0.05) is 19.3 Å². The van der Waals surface area contributed by atoms with Crippen molar-refractivity contribution in [1.29, 1.82) is 0 Å². The van der Waals surface area contributed by atoms with E-state index in [9.17, 15) is 14.4 Å². The van der Waals surface area contributed by atoms with Crippen molar-refractivity contribution in [2.75, 3.05) is 6.61 Å². The Kier molecular flexibility index (Phi) is 3.83. The maximum atomic E-state index is 12.2. The monoisotopic (exact) mass is 252 g/mol. The summed E-state index contributed by atoms with van der Waals surface area (Å²) < 4.78 is 5.12. The highest BCUT2D eigenvalue weighted by Crippen LogP contribution is 2.47. The third-order valence-electron chi connectivity index (χ3n) is 4.29. The number of hydrogen-bond acceptors (Lipinski definition) is 4. The lowest BCUT2D eigenvalue weighted by Crippen LogP contribution is -2.45. The molecular weight excluding hydrogens is 232 g/mol. The van der Waals surface area contributed by atoms with Gasteiger partial charge >= 0.3 is 5.97 Å². The van der Waals surface area contributed by atoms with Crippen molar-refractivity contribution in [3.05, 3.63) is 0 Å². The summed E-state index contributed by atoms with van der Waals surface area (Å²) in [6, 6.07) is 0. The fourth-order valence-electron chi connectivity index (χ4n) is 3.41. The lowest BCUT2D eigenvalue weighted by atomic mass is 9.66. The number of carbonyl (C=O) groups is 3. The van der Waals surface area contributed by atoms with Crippen molar-refractivity contribution in [2.45, 2.75) is 51.9 Å². The molecule has 2 rings (SSSR count). The van der Waals surface area contributed by atoms with E-state index in [1.807, 2.05) is 0 Å². The molecule has 0 bridgehead atoms. The van der Waals surface area contributed by atoms with Crippen LogP contribution in [0.2, 0.25) is 0 Å². The molecule has 2 aliphatic rings. The Labute approximate surface area is 107 Å². The number of ketones is 2. The molecule has 0 aliphatic heterocycles. The Morgan fingerprint density at radius 2 is 2.11 bits per heavy atom. The molecule has 0 radical (unpaired) electrons. The van der Waals surface area contributed by atoms with Crippen LogP contribution in [0.3, 0.4) is 0 Å². The SMILES string of the molecule is CCOC(=O)C1(C2CCCC(=O)C2)CCCC1=O. The van der Waals surface area contributed by atoms with Gasteiger partial charge in [-0.25, -0.2) is 0 Å². The number of ether oxygens (including phenoxy) is 1. The van der Waals surface area contributed by atoms with Crippen LogP contribution in [-0.4, -0.2) is 24.1 Å². The second kappa shape index (κ2) is 5.21. The average molecular weight is 252 g/mol. The van der Waals surface area contributed by atoms with Gasteiger partial charge in [-0.1, -0.05) is 0 Å². The molecule has 0 aromatic carbocycles. The largest absolute Gasteiger partial charge is 0.465 e. The van der Waals surface area contributed by atoms with E-state index in [2.05, 4.69) is 0 Å². The molecule has 0 N–H and O–H groups in total. The van der Waals surface area contributed by atoms with Crippen LogP contribution in [0.25, 0.3) is 0 Å². The molecule has 2 fully saturated rings. The van der Waals surface area contributed by atoms with Gasteiger partial charge in [0.25, 0.3) is 0 Å². The van der Waals surface area contributed by atoms with E-state index in [0.29, 0.717) is 25.7 Å². The summed E-state index contributed by atoms with van der Waals surface area (Å²) in [5.41, 5.74) is -1.01. The Morgan fingerprint density at radius 3 is 2.67 bits per heavy atom. The summed E-state index contributed by atoms with van der Waals surface area (Å²) in [6.07, 6.45) is 4.27. The summed E-state index contributed by atoms with van der Waals surface area (Å²) in [5.74, 6) is -0.365. The van der Waals surface area contributed by atoms with Crippen LogP contribution in [0.15, 0.2) is 0 Å². The van der Waals surface area contributed by atoms with E-state index >= 15 is 0 Å². The molecule has 2 unspecified atom stereocenters. The Balaban J connectivity index is 2.27. The van der Waals surface area contributed by atoms with Gasteiger partial charge < -0.3 is 4.74 Å². The third-order valence-corrected chi connectivity index (χ3v) is 4.29. The van der Waals surface area contributed by atoms with Crippen LogP contribution >= 0.6 is 0 Å². The summed E-state index contributed by atoms with van der Waals surface area (Å²) in [7, 11) is 0. The van der Waals surface area contributed by atoms with Gasteiger partial charge in [-0.2, -0.15) is 0 Å². The minimum Gasteiger partial charge on any atom is -0.465 e. The molecule has 0 aromatic rings. The highest BCUT2D eigenvalue weighted by atomic mass is 16.5. The second-order valence-corrected chi connectivity index (χ2v) is 5.30. The molecule has 0 saturated heterocycles. The smallest absolute Gasteiger partial charge is 0.319 e. The topological polar surface area (TPSA) is 60.4 Å². The van der Waals surface area contributed by atoms with Crippen molar-refractivity contribution in [2.24, 2.45) is 11.3 Å². The number of carbonyl (C=O) groups excluding carboxylic acids is 3. The highest BCUT2D eigenvalue weighted by molar-refractivity contribution is 6.06. The molecule has 0 amide bonds. The molecule has 4 nitrogen and oxygen atoms in total. The van der Waals surface area contributed by atoms with Crippen molar-refractivity contribution in [3.8, 4) is 0 Å². The predicted octanol–water partition coefficient (Wildman–Crippen LogP) is 2.05. The fourth-order valence-corrected chi connectivity index (χ4v) is 3.41. The molecule has 0 aromatic heterocycles. The minimum absolute atomic E-state index is 0.0133. The van der Waals surface area contributed by atoms with Gasteiger partial charge in [0.05, 0.1) is 6.61 Å². The van der Waals surface area contributed by atoms with Gasteiger partial charge in [0.1, 0.15) is 17.0 Å². The number of rotatable bonds is 3. The lowest BCUT2D eigenvalue weighted by Gasteiger charge is -2.35. The van der Waals surface area contributed by atoms with Crippen LogP contribution in [-0.2, 0) is 19.1 Å². The molecule has 2 saturated carbocycles. The molecule has 2 atom stereocenters. The molecule has 0 spiro atoms. The first-order valence-corrected chi connectivity index (χ1v) is 6.83. The first-order chi connectivity index (χ1) is 8.61. The van der Waals surface area contributed by atoms with E-state index in [0.717, 1.165) is 19.3 Å². The first kappa shape index (κ1) is 13.2. The van der Waals surface area contributed by atoms with E-state index in [-0.39, 0.29) is 24.1 Å². The number of esters is 1. The predicted molar refractivity (Wildman–Crippen MR) is 64.9 cm³/mol. The first-order valence-electron chi connectivity index (χ1n) is 6.83. The van der Waals surface area contributed by atoms with E-state index in [4.69, 9.17) is 4.74 Å². The van der Waals surface area contributed by atoms with Crippen LogP contribution < -0.4 is 0 Å². The van der Waals surface area contributed by atoms with E-state index < -0.39 is 11.4 Å². The molecule has 2 aliphatic carbocycles. The van der Waals surface area contributed by atoms with Crippen LogP contribution in [0.1, 0.15) is 51.9 Å². The highest BCUT2D eigenvalue weighted by Gasteiger charge is 2.55. The van der Waals surface area contributed by atoms with Gasteiger partial charge in [0.15, 0.2) is 0 Å². The standard InChI is InChI=1S/C14H20O4/c1-2-18-13(17)14(8-4-7-12(14)16)10-5-3-6-11(15)9-10/h10H,2-9H2,1H3. The second-order valence-electron chi connectivity index (χ2n) is 5.30. The third kappa shape index (κ3) is 2.08. The van der Waals surface area contributed by atoms with Crippen molar-refractivity contribution in [3.63, 3.8) is 0 Å². The molecule has 4 heteroatoms. The van der Waals surface area contributed by atoms with Gasteiger partial charge in [-0.05, 0) is 38.5 Å². The summed E-state index contributed by atoms with van der Waals surface area (Å²) in [5, 5.41) is 0. The summed E-state index contributed by atoms with van der Waals surface area (Å²) in [6.45, 7) is 2.03. The van der Waals surface area contributed by atoms with Gasteiger partial charge in [-0.15, -0.1) is 0 Å². The maximum absolute atomic E-state index is 12.2. The van der Waals surface area contributed by atoms with Gasteiger partial charge in [0.2, 0.25) is 0 Å². The zero-order valence-corrected chi connectivity index (χ0v) is 10.9. The van der Waals surface area contributed by atoms with Crippen LogP contribution in [0.5, 0.6) is 0 Å². The minimum atomic E-state index is -1.01. The fraction of sp³-hybridized carbons (Fsp3) is 0.786. The zero-order chi connectivity index (χ0) is 13.2. The van der Waals surface area contributed by atoms with E-state index in [1.165, 1.54) is 0 Å². The van der Waals surface area contributed by atoms with Crippen molar-refractivity contribution >= 4 is 17.5 Å². The number of hydrogen-bond donors (Lipinski definition) is 0. The average Bonchev–Trinajstić information content (AvgIpc) is 2.72. The van der Waals surface area contributed by atoms with Crippen molar-refractivity contribution < 1.29 is 19.1 Å². The molecular formula is C14H20O4. The van der Waals surface area contributed by atoms with Gasteiger partial charge in [-0.3, -0.25) is 14.4 Å². The zero-order valence-electron chi connectivity index (χ0n) is 10.9. The number of Topliss-reactive ketones (excluding diaryl/α,β-unsaturated/α-hetero) is 2. The lowest BCUT2D eigenvalue weighted by molar-refractivity contribution is -0.163. The summed E-state index contributed by atoms with van der Waals surface area (Å²) >= 11 is 0. The van der Waals surface area contributed by atoms with Crippen molar-refractivity contribution in [1.82, 2.24) is 0 Å². The summed E-state index contributed by atoms with van der Waals surface area (Å²) in [4.78, 5) is 36.0. The molecule has 0 heterocycles. The van der Waals surface area contributed by atoms with Crippen LogP contribution in [0, 0.1) is 11.3 Å². The van der Waals surface area contributed by atoms with Crippen LogP contribution in [0.4, 0.5) is 0 Å². The Hall–Kier alpha value is -1.19. The Morgan fingerprint density at radius 1 is 1.33 bits per heavy atom. The Bertz CT molecular complexity index is 374. The normalized spacial score (nSPS) is 32.6. The maximum Gasteiger partial charge on any atom is 0.319 e. The van der Waals surface area contributed by atoms with E-state index in [1.54, 1.807) is 6.92 Å².